The summed E-state index contributed by atoms with van der Waals surface area (Å²) in [6.07, 6.45) is 6.90. The average Bonchev–Trinajstić information content (AvgIpc) is 3.04. The predicted molar refractivity (Wildman–Crippen MR) is 97.8 cm³/mol. The minimum Gasteiger partial charge on any atom is -0.344 e. The van der Waals surface area contributed by atoms with Gasteiger partial charge in [-0.15, -0.1) is 0 Å². The van der Waals surface area contributed by atoms with Crippen LogP contribution in [0.1, 0.15) is 66.3 Å². The lowest BCUT2D eigenvalue weighted by atomic mass is 9.83. The summed E-state index contributed by atoms with van der Waals surface area (Å²) in [6.45, 7) is 1.54. The molecular weight excluding hydrogens is 332 g/mol. The largest absolute Gasteiger partial charge is 0.344 e. The minimum atomic E-state index is -0.563. The number of aromatic nitrogens is 2. The van der Waals surface area contributed by atoms with E-state index >= 15 is 0 Å². The van der Waals surface area contributed by atoms with E-state index in [-0.39, 0.29) is 23.1 Å². The third-order valence-electron chi connectivity index (χ3n) is 5.11. The van der Waals surface area contributed by atoms with Gasteiger partial charge in [-0.1, -0.05) is 62.4 Å². The standard InChI is InChI=1S/C19H24N4O3/c1-13-18(23(25)26)17(22-21-13)19(24)20-16(15-10-6-3-7-11-15)12-14-8-4-2-5-9-14/h3,6-7,10-11,14,16H,2,4-5,8-9,12H2,1H3,(H,20,24)(H,21,22). The maximum absolute atomic E-state index is 12.7. The Hall–Kier alpha value is -2.70. The Bertz CT molecular complexity index is 766. The molecule has 1 aromatic carbocycles. The van der Waals surface area contributed by atoms with Crippen LogP contribution in [0.2, 0.25) is 0 Å². The number of aromatic amines is 1. The minimum absolute atomic E-state index is 0.155. The summed E-state index contributed by atoms with van der Waals surface area (Å²) in [5, 5.41) is 20.6. The monoisotopic (exact) mass is 356 g/mol. The highest BCUT2D eigenvalue weighted by molar-refractivity contribution is 5.96. The number of H-pyrrole nitrogens is 1. The van der Waals surface area contributed by atoms with Crippen LogP contribution in [0.5, 0.6) is 0 Å². The number of carbonyl (C=O) groups is 1. The smallest absolute Gasteiger partial charge is 0.322 e. The Balaban J connectivity index is 1.81. The van der Waals surface area contributed by atoms with Crippen molar-refractivity contribution >= 4 is 11.6 Å². The van der Waals surface area contributed by atoms with Crippen LogP contribution in [-0.2, 0) is 0 Å². The van der Waals surface area contributed by atoms with Crippen LogP contribution in [0.25, 0.3) is 0 Å². The molecule has 0 spiro atoms. The van der Waals surface area contributed by atoms with Crippen LogP contribution in [0.15, 0.2) is 30.3 Å². The van der Waals surface area contributed by atoms with Crippen molar-refractivity contribution < 1.29 is 9.72 Å². The van der Waals surface area contributed by atoms with E-state index < -0.39 is 10.8 Å². The van der Waals surface area contributed by atoms with Crippen molar-refractivity contribution in [3.05, 3.63) is 57.4 Å². The molecule has 7 nitrogen and oxygen atoms in total. The lowest BCUT2D eigenvalue weighted by Gasteiger charge is -2.27. The van der Waals surface area contributed by atoms with Gasteiger partial charge in [0.1, 0.15) is 5.69 Å². The van der Waals surface area contributed by atoms with Crippen molar-refractivity contribution in [1.82, 2.24) is 15.5 Å². The first kappa shape index (κ1) is 18.1. The fourth-order valence-corrected chi connectivity index (χ4v) is 3.75. The fraction of sp³-hybridized carbons (Fsp3) is 0.474. The number of hydrogen-bond donors (Lipinski definition) is 2. The van der Waals surface area contributed by atoms with Gasteiger partial charge in [0, 0.05) is 0 Å². The molecule has 1 atom stereocenters. The maximum atomic E-state index is 12.7. The quantitative estimate of drug-likeness (QED) is 0.602. The molecule has 1 aliphatic carbocycles. The molecule has 26 heavy (non-hydrogen) atoms. The molecule has 1 heterocycles. The second kappa shape index (κ2) is 8.12. The molecule has 2 aromatic rings. The first-order chi connectivity index (χ1) is 12.6. The van der Waals surface area contributed by atoms with Crippen molar-refractivity contribution in [3.8, 4) is 0 Å². The van der Waals surface area contributed by atoms with E-state index in [0.717, 1.165) is 12.0 Å². The Kier molecular flexibility index (Phi) is 5.65. The molecule has 1 amide bonds. The third-order valence-corrected chi connectivity index (χ3v) is 5.11. The van der Waals surface area contributed by atoms with Gasteiger partial charge in [-0.25, -0.2) is 0 Å². The predicted octanol–water partition coefficient (Wildman–Crippen LogP) is 4.07. The number of carbonyl (C=O) groups excluding carboxylic acids is 1. The molecular formula is C19H24N4O3. The number of hydrogen-bond acceptors (Lipinski definition) is 4. The summed E-state index contributed by atoms with van der Waals surface area (Å²) < 4.78 is 0. The Morgan fingerprint density at radius 3 is 2.65 bits per heavy atom. The van der Waals surface area contributed by atoms with Gasteiger partial charge in [-0.2, -0.15) is 5.10 Å². The molecule has 1 saturated carbocycles. The number of nitrogens with zero attached hydrogens (tertiary/aromatic N) is 2. The van der Waals surface area contributed by atoms with E-state index in [1.165, 1.54) is 32.1 Å². The highest BCUT2D eigenvalue weighted by Gasteiger charge is 2.29. The number of aryl methyl sites for hydroxylation is 1. The van der Waals surface area contributed by atoms with E-state index in [0.29, 0.717) is 5.92 Å². The molecule has 7 heteroatoms. The lowest BCUT2D eigenvalue weighted by Crippen LogP contribution is -2.31. The number of rotatable bonds is 6. The molecule has 0 bridgehead atoms. The molecule has 138 valence electrons. The molecule has 2 N–H and O–H groups in total. The molecule has 1 fully saturated rings. The number of nitrogens with one attached hydrogen (secondary N) is 2. The van der Waals surface area contributed by atoms with Crippen molar-refractivity contribution in [2.75, 3.05) is 0 Å². The van der Waals surface area contributed by atoms with E-state index in [1.54, 1.807) is 6.92 Å². The first-order valence-corrected chi connectivity index (χ1v) is 9.11. The zero-order valence-electron chi connectivity index (χ0n) is 14.9. The molecule has 0 aliphatic heterocycles. The topological polar surface area (TPSA) is 101 Å². The van der Waals surface area contributed by atoms with Gasteiger partial charge in [-0.3, -0.25) is 20.0 Å². The van der Waals surface area contributed by atoms with Gasteiger partial charge in [0.2, 0.25) is 5.69 Å². The first-order valence-electron chi connectivity index (χ1n) is 9.11. The summed E-state index contributed by atoms with van der Waals surface area (Å²) in [5.41, 5.74) is 0.883. The van der Waals surface area contributed by atoms with Crippen LogP contribution in [0.3, 0.4) is 0 Å². The summed E-state index contributed by atoms with van der Waals surface area (Å²) in [6, 6.07) is 9.61. The highest BCUT2D eigenvalue weighted by Crippen LogP contribution is 2.32. The van der Waals surface area contributed by atoms with Crippen LogP contribution < -0.4 is 5.32 Å². The van der Waals surface area contributed by atoms with E-state index in [9.17, 15) is 14.9 Å². The SMILES string of the molecule is Cc1[nH]nc(C(=O)NC(CC2CCCCC2)c2ccccc2)c1[N+](=O)[O-]. The third kappa shape index (κ3) is 4.09. The molecule has 1 aliphatic rings. The Morgan fingerprint density at radius 2 is 2.00 bits per heavy atom. The Morgan fingerprint density at radius 1 is 1.31 bits per heavy atom. The number of amides is 1. The summed E-state index contributed by atoms with van der Waals surface area (Å²) in [5.74, 6) is 0.0517. The normalized spacial score (nSPS) is 16.2. The highest BCUT2D eigenvalue weighted by atomic mass is 16.6. The zero-order chi connectivity index (χ0) is 18.5. The molecule has 1 aromatic heterocycles. The molecule has 0 saturated heterocycles. The van der Waals surface area contributed by atoms with Crippen molar-refractivity contribution in [3.63, 3.8) is 0 Å². The number of nitro groups is 1. The van der Waals surface area contributed by atoms with Crippen molar-refractivity contribution in [1.29, 1.82) is 0 Å². The van der Waals surface area contributed by atoms with Gasteiger partial charge in [0.05, 0.1) is 11.0 Å². The molecule has 0 radical (unpaired) electrons. The van der Waals surface area contributed by atoms with E-state index in [4.69, 9.17) is 0 Å². The Labute approximate surface area is 152 Å². The van der Waals surface area contributed by atoms with Crippen LogP contribution in [0.4, 0.5) is 5.69 Å². The maximum Gasteiger partial charge on any atom is 0.322 e. The van der Waals surface area contributed by atoms with Crippen molar-refractivity contribution in [2.24, 2.45) is 5.92 Å². The lowest BCUT2D eigenvalue weighted by molar-refractivity contribution is -0.385. The summed E-state index contributed by atoms with van der Waals surface area (Å²) >= 11 is 0. The van der Waals surface area contributed by atoms with Gasteiger partial charge in [0.15, 0.2) is 0 Å². The van der Waals surface area contributed by atoms with Crippen LogP contribution in [-0.4, -0.2) is 21.0 Å². The van der Waals surface area contributed by atoms with Gasteiger partial charge >= 0.3 is 5.69 Å². The van der Waals surface area contributed by atoms with Gasteiger partial charge < -0.3 is 5.32 Å². The second-order valence-electron chi connectivity index (χ2n) is 6.98. The van der Waals surface area contributed by atoms with Gasteiger partial charge in [0.25, 0.3) is 5.91 Å². The fourth-order valence-electron chi connectivity index (χ4n) is 3.75. The van der Waals surface area contributed by atoms with E-state index in [2.05, 4.69) is 15.5 Å². The molecule has 3 rings (SSSR count). The average molecular weight is 356 g/mol. The number of benzene rings is 1. The van der Waals surface area contributed by atoms with Crippen LogP contribution >= 0.6 is 0 Å². The zero-order valence-corrected chi connectivity index (χ0v) is 14.9. The summed E-state index contributed by atoms with van der Waals surface area (Å²) in [7, 11) is 0. The second-order valence-corrected chi connectivity index (χ2v) is 6.98. The van der Waals surface area contributed by atoms with Crippen LogP contribution in [0, 0.1) is 23.0 Å². The van der Waals surface area contributed by atoms with Crippen molar-refractivity contribution in [2.45, 2.75) is 51.5 Å². The molecule has 1 unspecified atom stereocenters. The van der Waals surface area contributed by atoms with E-state index in [1.807, 2.05) is 30.3 Å². The van der Waals surface area contributed by atoms with Gasteiger partial charge in [-0.05, 0) is 24.8 Å². The summed E-state index contributed by atoms with van der Waals surface area (Å²) in [4.78, 5) is 23.4.